The Bertz CT molecular complexity index is 1010. The summed E-state index contributed by atoms with van der Waals surface area (Å²) in [5.74, 6) is 1.70. The van der Waals surface area contributed by atoms with Crippen LogP contribution < -0.4 is 0 Å². The van der Waals surface area contributed by atoms with Crippen LogP contribution in [0.2, 0.25) is 5.02 Å². The molecule has 170 valence electrons. The van der Waals surface area contributed by atoms with Gasteiger partial charge in [0, 0.05) is 24.7 Å². The van der Waals surface area contributed by atoms with Crippen molar-refractivity contribution in [2.45, 2.75) is 53.0 Å². The standard InChI is InChI=1S/C27H34ClN3O/c1-4-31(16-14-20(2)3)19-22-8-5-9-23(17-22)25-13-15-29-27(30-25)10-6-7-21-11-12-26(32)24(28)18-21/h5,8-9,11-13,15,17-18,20,32H,4,6-7,10,14,16,19H2,1-3H3. The molecule has 1 aromatic heterocycles. The van der Waals surface area contributed by atoms with Crippen LogP contribution >= 0.6 is 11.6 Å². The van der Waals surface area contributed by atoms with E-state index in [2.05, 4.69) is 54.9 Å². The third-order valence-corrected chi connectivity index (χ3v) is 5.98. The van der Waals surface area contributed by atoms with Crippen molar-refractivity contribution in [3.8, 4) is 17.0 Å². The summed E-state index contributed by atoms with van der Waals surface area (Å²) in [6.45, 7) is 9.93. The molecule has 3 rings (SSSR count). The highest BCUT2D eigenvalue weighted by atomic mass is 35.5. The summed E-state index contributed by atoms with van der Waals surface area (Å²) in [7, 11) is 0. The van der Waals surface area contributed by atoms with E-state index in [1.807, 2.05) is 24.4 Å². The Kier molecular flexibility index (Phi) is 9.07. The number of phenols is 1. The summed E-state index contributed by atoms with van der Waals surface area (Å²) in [5.41, 5.74) is 4.53. The first kappa shape index (κ1) is 24.2. The quantitative estimate of drug-likeness (QED) is 0.359. The van der Waals surface area contributed by atoms with Gasteiger partial charge in [-0.15, -0.1) is 0 Å². The Morgan fingerprint density at radius 3 is 2.62 bits per heavy atom. The second-order valence-electron chi connectivity index (χ2n) is 8.75. The highest BCUT2D eigenvalue weighted by molar-refractivity contribution is 6.32. The molecule has 32 heavy (non-hydrogen) atoms. The summed E-state index contributed by atoms with van der Waals surface area (Å²) in [5, 5.41) is 9.96. The van der Waals surface area contributed by atoms with Gasteiger partial charge in [0.25, 0.3) is 0 Å². The van der Waals surface area contributed by atoms with Crippen LogP contribution in [0.3, 0.4) is 0 Å². The SMILES string of the molecule is CCN(CCC(C)C)Cc1cccc(-c2ccnc(CCCc3ccc(O)c(Cl)c3)n2)c1. The van der Waals surface area contributed by atoms with Crippen molar-refractivity contribution in [1.82, 2.24) is 14.9 Å². The average Bonchev–Trinajstić information content (AvgIpc) is 2.79. The second kappa shape index (κ2) is 12.0. The molecule has 0 radical (unpaired) electrons. The largest absolute Gasteiger partial charge is 0.506 e. The maximum atomic E-state index is 9.56. The van der Waals surface area contributed by atoms with Crippen LogP contribution in [-0.2, 0) is 19.4 Å². The molecule has 2 aromatic carbocycles. The lowest BCUT2D eigenvalue weighted by Crippen LogP contribution is -2.25. The lowest BCUT2D eigenvalue weighted by Gasteiger charge is -2.21. The van der Waals surface area contributed by atoms with Crippen molar-refractivity contribution in [2.24, 2.45) is 5.92 Å². The van der Waals surface area contributed by atoms with E-state index in [4.69, 9.17) is 16.6 Å². The average molecular weight is 452 g/mol. The monoisotopic (exact) mass is 451 g/mol. The Morgan fingerprint density at radius 1 is 1.03 bits per heavy atom. The number of nitrogens with zero attached hydrogens (tertiary/aromatic N) is 3. The molecule has 0 saturated heterocycles. The van der Waals surface area contributed by atoms with Gasteiger partial charge in [0.1, 0.15) is 11.6 Å². The van der Waals surface area contributed by atoms with Gasteiger partial charge in [0.2, 0.25) is 0 Å². The number of hydrogen-bond acceptors (Lipinski definition) is 4. The fourth-order valence-corrected chi connectivity index (χ4v) is 3.92. The van der Waals surface area contributed by atoms with Crippen molar-refractivity contribution in [2.75, 3.05) is 13.1 Å². The normalized spacial score (nSPS) is 11.4. The van der Waals surface area contributed by atoms with E-state index in [9.17, 15) is 5.11 Å². The Balaban J connectivity index is 1.62. The number of hydrogen-bond donors (Lipinski definition) is 1. The minimum atomic E-state index is 0.121. The molecule has 3 aromatic rings. The molecule has 0 bridgehead atoms. The van der Waals surface area contributed by atoms with E-state index in [-0.39, 0.29) is 5.75 Å². The maximum Gasteiger partial charge on any atom is 0.134 e. The van der Waals surface area contributed by atoms with Crippen LogP contribution in [0.1, 0.15) is 50.6 Å². The topological polar surface area (TPSA) is 49.2 Å². The molecule has 0 spiro atoms. The van der Waals surface area contributed by atoms with Gasteiger partial charge in [0.15, 0.2) is 0 Å². The zero-order chi connectivity index (χ0) is 22.9. The van der Waals surface area contributed by atoms with Crippen LogP contribution in [0.15, 0.2) is 54.7 Å². The van der Waals surface area contributed by atoms with Gasteiger partial charge in [-0.3, -0.25) is 4.90 Å². The molecule has 0 amide bonds. The van der Waals surface area contributed by atoms with E-state index in [0.29, 0.717) is 5.02 Å². The van der Waals surface area contributed by atoms with Gasteiger partial charge in [-0.2, -0.15) is 0 Å². The summed E-state index contributed by atoms with van der Waals surface area (Å²) in [6.07, 6.45) is 5.66. The van der Waals surface area contributed by atoms with Crippen molar-refractivity contribution in [1.29, 1.82) is 0 Å². The Hall–Kier alpha value is -2.43. The van der Waals surface area contributed by atoms with E-state index in [0.717, 1.165) is 67.5 Å². The summed E-state index contributed by atoms with van der Waals surface area (Å²) >= 11 is 6.01. The first-order valence-corrected chi connectivity index (χ1v) is 11.9. The number of aromatic hydroxyl groups is 1. The zero-order valence-corrected chi connectivity index (χ0v) is 20.1. The van der Waals surface area contributed by atoms with Gasteiger partial charge in [0.05, 0.1) is 10.7 Å². The van der Waals surface area contributed by atoms with Crippen molar-refractivity contribution >= 4 is 11.6 Å². The molecule has 5 heteroatoms. The number of aromatic nitrogens is 2. The molecule has 1 N–H and O–H groups in total. The van der Waals surface area contributed by atoms with E-state index in [1.54, 1.807) is 6.07 Å². The molecule has 4 nitrogen and oxygen atoms in total. The smallest absolute Gasteiger partial charge is 0.134 e. The molecule has 0 fully saturated rings. The van der Waals surface area contributed by atoms with Crippen molar-refractivity contribution in [3.63, 3.8) is 0 Å². The van der Waals surface area contributed by atoms with E-state index in [1.165, 1.54) is 12.0 Å². The maximum absolute atomic E-state index is 9.56. The van der Waals surface area contributed by atoms with Gasteiger partial charge >= 0.3 is 0 Å². The molecule has 0 aliphatic rings. The summed E-state index contributed by atoms with van der Waals surface area (Å²) in [6, 6.07) is 16.1. The summed E-state index contributed by atoms with van der Waals surface area (Å²) in [4.78, 5) is 11.8. The molecule has 0 aliphatic carbocycles. The number of rotatable bonds is 11. The first-order valence-electron chi connectivity index (χ1n) is 11.6. The number of halogens is 1. The highest BCUT2D eigenvalue weighted by Gasteiger charge is 2.08. The van der Waals surface area contributed by atoms with Crippen LogP contribution in [0, 0.1) is 5.92 Å². The van der Waals surface area contributed by atoms with Crippen LogP contribution in [-0.4, -0.2) is 33.1 Å². The Labute approximate surface area is 197 Å². The summed E-state index contributed by atoms with van der Waals surface area (Å²) < 4.78 is 0. The van der Waals surface area contributed by atoms with Crippen LogP contribution in [0.5, 0.6) is 5.75 Å². The lowest BCUT2D eigenvalue weighted by molar-refractivity contribution is 0.262. The third kappa shape index (κ3) is 7.32. The number of benzene rings is 2. The minimum Gasteiger partial charge on any atom is -0.506 e. The Morgan fingerprint density at radius 2 is 1.88 bits per heavy atom. The van der Waals surface area contributed by atoms with Gasteiger partial charge in [-0.25, -0.2) is 9.97 Å². The number of aryl methyl sites for hydroxylation is 2. The second-order valence-corrected chi connectivity index (χ2v) is 9.16. The zero-order valence-electron chi connectivity index (χ0n) is 19.4. The highest BCUT2D eigenvalue weighted by Crippen LogP contribution is 2.24. The lowest BCUT2D eigenvalue weighted by atomic mass is 10.1. The molecular formula is C27H34ClN3O. The van der Waals surface area contributed by atoms with Gasteiger partial charge in [-0.05, 0) is 73.7 Å². The minimum absolute atomic E-state index is 0.121. The van der Waals surface area contributed by atoms with E-state index >= 15 is 0 Å². The van der Waals surface area contributed by atoms with Gasteiger partial charge < -0.3 is 5.11 Å². The number of phenolic OH excluding ortho intramolecular Hbond substituents is 1. The van der Waals surface area contributed by atoms with Crippen LogP contribution in [0.25, 0.3) is 11.3 Å². The van der Waals surface area contributed by atoms with Crippen molar-refractivity contribution in [3.05, 3.63) is 76.7 Å². The van der Waals surface area contributed by atoms with Crippen LogP contribution in [0.4, 0.5) is 0 Å². The van der Waals surface area contributed by atoms with Crippen molar-refractivity contribution < 1.29 is 5.11 Å². The molecule has 0 aliphatic heterocycles. The fraction of sp³-hybridized carbons (Fsp3) is 0.407. The first-order chi connectivity index (χ1) is 15.4. The van der Waals surface area contributed by atoms with E-state index < -0.39 is 0 Å². The predicted octanol–water partition coefficient (Wildman–Crippen LogP) is 6.55. The molecule has 1 heterocycles. The third-order valence-electron chi connectivity index (χ3n) is 5.68. The molecule has 0 saturated carbocycles. The molecule has 0 atom stereocenters. The molecule has 0 unspecified atom stereocenters. The van der Waals surface area contributed by atoms with Gasteiger partial charge in [-0.1, -0.05) is 56.6 Å². The predicted molar refractivity (Wildman–Crippen MR) is 133 cm³/mol. The fourth-order valence-electron chi connectivity index (χ4n) is 3.71. The molecular weight excluding hydrogens is 418 g/mol.